The summed E-state index contributed by atoms with van der Waals surface area (Å²) in [5.74, 6) is -8.32. The van der Waals surface area contributed by atoms with E-state index in [0.29, 0.717) is 13.1 Å². The van der Waals surface area contributed by atoms with E-state index < -0.39 is 88.8 Å². The van der Waals surface area contributed by atoms with Crippen molar-refractivity contribution < 1.29 is 58.9 Å². The Bertz CT molecular complexity index is 2050. The van der Waals surface area contributed by atoms with E-state index in [9.17, 15) is 39.9 Å². The number of Topliss-reactive ketones (excluding diaryl/α,β-unsaturated/α-hetero) is 1. The number of phenolic OH excluding ortho intramolecular Hbond substituents is 3. The minimum Gasteiger partial charge on any atom is -0.507 e. The summed E-state index contributed by atoms with van der Waals surface area (Å²) >= 11 is 0. The Morgan fingerprint density at radius 2 is 1.57 bits per heavy atom. The molecule has 5 rings (SSSR count). The van der Waals surface area contributed by atoms with E-state index >= 15 is 0 Å². The lowest BCUT2D eigenvalue weighted by atomic mass is 9.78. The standard InChI is InChI=1S/C46H65N3O12/c1-12-14-20-49(21-15-13-2)47-23-31-36-41(55)34-33(40(31)54)35-43(29(8)39(34)53)61-46(10,44(35)56)59-22-19-32(58-11)26(5)42(60-30(9)50)28(7)38(52)27(6)37(51)24(3)17-16-18-25(4)45(57)48-36/h16-19,22-24,26-28,32,37-38,42,51-55H,12-15,20-21H2,1-11H3,(H,48,57)/b17-16+,22-19+,25-18-,47-23-/t24-,26+,27+,28+,32-,37-,38+,42+,46-/m0/s1. The summed E-state index contributed by atoms with van der Waals surface area (Å²) in [4.78, 5) is 40.7. The smallest absolute Gasteiger partial charge is 0.312 e. The molecule has 0 aromatic heterocycles. The van der Waals surface area contributed by atoms with Crippen LogP contribution >= 0.6 is 0 Å². The van der Waals surface area contributed by atoms with Gasteiger partial charge in [-0.15, -0.1) is 0 Å². The minimum absolute atomic E-state index is 0.0586. The highest BCUT2D eigenvalue weighted by Gasteiger charge is 2.50. The largest absolute Gasteiger partial charge is 0.507 e. The third kappa shape index (κ3) is 10.3. The monoisotopic (exact) mass is 851 g/mol. The number of ketones is 1. The predicted octanol–water partition coefficient (Wildman–Crippen LogP) is 6.99. The maximum Gasteiger partial charge on any atom is 0.312 e. The van der Waals surface area contributed by atoms with Crippen LogP contribution < -0.4 is 10.1 Å². The van der Waals surface area contributed by atoms with Crippen LogP contribution in [0.3, 0.4) is 0 Å². The Hall–Kier alpha value is -5.12. The van der Waals surface area contributed by atoms with Crippen LogP contribution in [-0.4, -0.2) is 105 Å². The number of phenols is 3. The lowest BCUT2D eigenvalue weighted by Crippen LogP contribution is -2.46. The van der Waals surface area contributed by atoms with Crippen LogP contribution in [0.1, 0.15) is 109 Å². The van der Waals surface area contributed by atoms with Crippen LogP contribution in [0, 0.1) is 30.6 Å². The van der Waals surface area contributed by atoms with E-state index in [-0.39, 0.29) is 44.5 Å². The molecule has 0 saturated heterocycles. The molecule has 15 heteroatoms. The number of ether oxygens (including phenoxy) is 4. The third-order valence-corrected chi connectivity index (χ3v) is 11.9. The number of fused-ring (bicyclic) bond motifs is 14. The highest BCUT2D eigenvalue weighted by Crippen LogP contribution is 2.55. The summed E-state index contributed by atoms with van der Waals surface area (Å²) < 4.78 is 23.7. The second-order valence-electron chi connectivity index (χ2n) is 16.5. The molecule has 61 heavy (non-hydrogen) atoms. The van der Waals surface area contributed by atoms with Crippen LogP contribution in [0.2, 0.25) is 0 Å². The summed E-state index contributed by atoms with van der Waals surface area (Å²) in [6.07, 6.45) is 8.39. The van der Waals surface area contributed by atoms with Gasteiger partial charge in [-0.1, -0.05) is 72.6 Å². The van der Waals surface area contributed by atoms with Crippen molar-refractivity contribution in [1.82, 2.24) is 5.01 Å². The van der Waals surface area contributed by atoms with Gasteiger partial charge >= 0.3 is 11.8 Å². The second kappa shape index (κ2) is 20.6. The number of methoxy groups -OCH3 is 1. The second-order valence-corrected chi connectivity index (χ2v) is 16.5. The van der Waals surface area contributed by atoms with Crippen LogP contribution in [0.5, 0.6) is 23.0 Å². The molecule has 3 aliphatic rings. The highest BCUT2D eigenvalue weighted by molar-refractivity contribution is 6.23. The molecule has 0 unspecified atom stereocenters. The molecular weight excluding hydrogens is 787 g/mol. The number of hydrazone groups is 1. The minimum atomic E-state index is -2.05. The van der Waals surface area contributed by atoms with Crippen LogP contribution in [0.4, 0.5) is 5.69 Å². The number of carbonyl (C=O) groups excluding carboxylic acids is 3. The molecule has 2 aromatic rings. The van der Waals surface area contributed by atoms with Crippen LogP contribution in [0.15, 0.2) is 41.2 Å². The van der Waals surface area contributed by atoms with Crippen molar-refractivity contribution in [2.45, 2.75) is 125 Å². The molecule has 336 valence electrons. The fourth-order valence-electron chi connectivity index (χ4n) is 7.92. The van der Waals surface area contributed by atoms with E-state index in [1.807, 2.05) is 5.01 Å². The maximum absolute atomic E-state index is 14.5. The fourth-order valence-corrected chi connectivity index (χ4v) is 7.92. The first-order chi connectivity index (χ1) is 28.8. The summed E-state index contributed by atoms with van der Waals surface area (Å²) in [5, 5.41) is 67.3. The van der Waals surface area contributed by atoms with Gasteiger partial charge in [0.15, 0.2) is 5.75 Å². The van der Waals surface area contributed by atoms with Crippen molar-refractivity contribution >= 4 is 40.3 Å². The first kappa shape index (κ1) is 48.5. The van der Waals surface area contributed by atoms with Gasteiger partial charge in [0.05, 0.1) is 53.0 Å². The van der Waals surface area contributed by atoms with E-state index in [0.717, 1.165) is 25.7 Å². The number of nitrogens with one attached hydrogen (secondary N) is 1. The number of nitrogens with zero attached hydrogens (tertiary/aromatic N) is 2. The maximum atomic E-state index is 14.5. The van der Waals surface area contributed by atoms with E-state index in [1.165, 1.54) is 59.4 Å². The Labute approximate surface area is 358 Å². The first-order valence-electron chi connectivity index (χ1n) is 21.1. The SMILES string of the molecule is CCCCN(CCCC)/N=C\c1c2c(O)c3c(O)c(C)c4c(c3c1O)C(=O)[C@@](C)(O/C=C/[C@H](OC)[C@@H](C)[C@@H](OC(C)=O)[C@H](C)[C@H](O)[C@H](C)[C@@H](O)[C@@H](C)/C=C/C=C(/C)C(=O)N2)O4. The molecule has 6 N–H and O–H groups in total. The summed E-state index contributed by atoms with van der Waals surface area (Å²) in [5.41, 5.74) is -0.326. The van der Waals surface area contributed by atoms with Gasteiger partial charge in [-0.05, 0) is 32.8 Å². The molecule has 0 radical (unpaired) electrons. The zero-order valence-corrected chi connectivity index (χ0v) is 37.3. The molecule has 3 aliphatic heterocycles. The zero-order chi connectivity index (χ0) is 45.5. The average molecular weight is 852 g/mol. The Balaban J connectivity index is 1.99. The summed E-state index contributed by atoms with van der Waals surface area (Å²) in [6.45, 7) is 17.9. The lowest BCUT2D eigenvalue weighted by Gasteiger charge is -2.38. The molecule has 5 bridgehead atoms. The quantitative estimate of drug-likeness (QED) is 0.0468. The number of hydrogen-bond acceptors (Lipinski definition) is 14. The van der Waals surface area contributed by atoms with E-state index in [2.05, 4.69) is 24.3 Å². The van der Waals surface area contributed by atoms with Gasteiger partial charge < -0.3 is 49.8 Å². The number of anilines is 1. The fraction of sp³-hybridized carbons (Fsp3) is 0.565. The van der Waals surface area contributed by atoms with Crippen LogP contribution in [-0.2, 0) is 23.8 Å². The number of aliphatic hydroxyl groups is 2. The number of rotatable bonds is 10. The zero-order valence-electron chi connectivity index (χ0n) is 37.3. The number of aliphatic hydroxyl groups excluding tert-OH is 2. The molecule has 0 aliphatic carbocycles. The number of esters is 1. The summed E-state index contributed by atoms with van der Waals surface area (Å²) in [7, 11) is 1.44. The predicted molar refractivity (Wildman–Crippen MR) is 233 cm³/mol. The molecule has 15 nitrogen and oxygen atoms in total. The molecule has 0 saturated carbocycles. The van der Waals surface area contributed by atoms with Gasteiger partial charge in [0.25, 0.3) is 11.7 Å². The van der Waals surface area contributed by atoms with E-state index in [4.69, 9.17) is 18.9 Å². The highest BCUT2D eigenvalue weighted by atomic mass is 16.7. The van der Waals surface area contributed by atoms with Gasteiger partial charge in [0.2, 0.25) is 0 Å². The average Bonchev–Trinajstić information content (AvgIpc) is 3.49. The Kier molecular flexibility index (Phi) is 16.4. The number of hydrogen-bond donors (Lipinski definition) is 6. The Morgan fingerprint density at radius 3 is 2.16 bits per heavy atom. The number of unbranched alkanes of at least 4 members (excludes halogenated alkanes) is 2. The van der Waals surface area contributed by atoms with Crippen molar-refractivity contribution in [3.63, 3.8) is 0 Å². The van der Waals surface area contributed by atoms with Crippen molar-refractivity contribution in [2.24, 2.45) is 28.8 Å². The van der Waals surface area contributed by atoms with Crippen molar-refractivity contribution in [1.29, 1.82) is 0 Å². The van der Waals surface area contributed by atoms with E-state index in [1.54, 1.807) is 39.8 Å². The van der Waals surface area contributed by atoms with Crippen molar-refractivity contribution in [3.05, 3.63) is 52.8 Å². The molecular formula is C46H65N3O12. The molecule has 2 aromatic carbocycles. The number of allylic oxidation sites excluding steroid dienone is 2. The van der Waals surface area contributed by atoms with Gasteiger partial charge in [0, 0.05) is 74.2 Å². The molecule has 3 heterocycles. The first-order valence-corrected chi connectivity index (χ1v) is 21.1. The van der Waals surface area contributed by atoms with Crippen LogP contribution in [0.25, 0.3) is 10.8 Å². The number of aromatic hydroxyl groups is 3. The van der Waals surface area contributed by atoms with Gasteiger partial charge in [0.1, 0.15) is 23.4 Å². The Morgan fingerprint density at radius 1 is 0.934 bits per heavy atom. The van der Waals surface area contributed by atoms with Crippen molar-refractivity contribution in [3.8, 4) is 23.0 Å². The normalized spacial score (nSPS) is 29.5. The number of amides is 1. The van der Waals surface area contributed by atoms with Gasteiger partial charge in [-0.2, -0.15) is 5.10 Å². The third-order valence-electron chi connectivity index (χ3n) is 11.9. The lowest BCUT2D eigenvalue weighted by molar-refractivity contribution is -0.160. The molecule has 1 amide bonds. The van der Waals surface area contributed by atoms with Crippen molar-refractivity contribution in [2.75, 3.05) is 25.5 Å². The number of carbonyl (C=O) groups is 3. The number of benzene rings is 2. The van der Waals surface area contributed by atoms with Gasteiger partial charge in [-0.25, -0.2) is 0 Å². The molecule has 9 atom stereocenters. The van der Waals surface area contributed by atoms with Gasteiger partial charge in [-0.3, -0.25) is 19.4 Å². The summed E-state index contributed by atoms with van der Waals surface area (Å²) in [6, 6.07) is 0. The molecule has 0 spiro atoms. The topological polar surface area (TPSA) is 217 Å². The molecule has 0 fully saturated rings.